The lowest BCUT2D eigenvalue weighted by atomic mass is 9.91. The van der Waals surface area contributed by atoms with Gasteiger partial charge in [0.05, 0.1) is 0 Å². The monoisotopic (exact) mass is 634 g/mol. The highest BCUT2D eigenvalue weighted by Gasteiger charge is 2.35. The van der Waals surface area contributed by atoms with Crippen molar-refractivity contribution < 1.29 is 28.7 Å². The highest BCUT2D eigenvalue weighted by atomic mass is 16.6. The highest BCUT2D eigenvalue weighted by molar-refractivity contribution is 5.92. The molecule has 0 fully saturated rings. The average Bonchev–Trinajstić information content (AvgIpc) is 2.93. The smallest absolute Gasteiger partial charge is 0.408 e. The molecule has 0 aromatic rings. The zero-order valence-corrected chi connectivity index (χ0v) is 30.1. The molecule has 0 heterocycles. The van der Waals surface area contributed by atoms with E-state index >= 15 is 0 Å². The third-order valence-electron chi connectivity index (χ3n) is 7.38. The van der Waals surface area contributed by atoms with E-state index in [-0.39, 0.29) is 24.2 Å². The number of alkyl carbamates (subject to hydrolysis) is 1. The molecule has 0 aliphatic carbocycles. The minimum atomic E-state index is -1.39. The number of ether oxygens (including phenoxy) is 2. The number of carbonyl (C=O) groups is 4. The van der Waals surface area contributed by atoms with Gasteiger partial charge < -0.3 is 20.1 Å². The second-order valence-electron chi connectivity index (χ2n) is 14.1. The molecule has 0 aliphatic heterocycles. The Morgan fingerprint density at radius 2 is 1.38 bits per heavy atom. The van der Waals surface area contributed by atoms with Crippen molar-refractivity contribution in [3.8, 4) is 0 Å². The van der Waals surface area contributed by atoms with Gasteiger partial charge in [-0.2, -0.15) is 0 Å². The molecular weight excluding hydrogens is 568 g/mol. The van der Waals surface area contributed by atoms with E-state index in [9.17, 15) is 19.2 Å². The first-order valence-electron chi connectivity index (χ1n) is 17.4. The van der Waals surface area contributed by atoms with Gasteiger partial charge in [-0.3, -0.25) is 9.59 Å². The largest absolute Gasteiger partial charge is 0.456 e. The van der Waals surface area contributed by atoms with E-state index in [0.717, 1.165) is 64.2 Å². The Morgan fingerprint density at radius 3 is 1.96 bits per heavy atom. The summed E-state index contributed by atoms with van der Waals surface area (Å²) in [5, 5.41) is 5.33. The van der Waals surface area contributed by atoms with Crippen molar-refractivity contribution in [2.24, 2.45) is 11.8 Å². The van der Waals surface area contributed by atoms with Crippen molar-refractivity contribution in [1.29, 1.82) is 0 Å². The molecule has 0 saturated carbocycles. The maximum atomic E-state index is 13.2. The maximum Gasteiger partial charge on any atom is 0.408 e. The SMILES string of the molecule is CCC=CCC=CCCCCCC(CCCCCCC)C(=O)COC(=O)C(C)(C)NC(=O)[C@H](CC(C)C)NC(=O)OC(C)(C)C. The third-order valence-corrected chi connectivity index (χ3v) is 7.38. The average molecular weight is 635 g/mol. The van der Waals surface area contributed by atoms with Crippen molar-refractivity contribution in [1.82, 2.24) is 10.6 Å². The molecule has 2 N–H and O–H groups in total. The van der Waals surface area contributed by atoms with Gasteiger partial charge in [0.2, 0.25) is 5.91 Å². The van der Waals surface area contributed by atoms with Crippen LogP contribution in [0.4, 0.5) is 4.79 Å². The molecule has 45 heavy (non-hydrogen) atoms. The van der Waals surface area contributed by atoms with Crippen LogP contribution in [0.1, 0.15) is 152 Å². The fourth-order valence-corrected chi connectivity index (χ4v) is 4.88. The minimum absolute atomic E-state index is 0.0622. The number of esters is 1. The van der Waals surface area contributed by atoms with Gasteiger partial charge in [0.25, 0.3) is 0 Å². The van der Waals surface area contributed by atoms with E-state index in [4.69, 9.17) is 9.47 Å². The summed E-state index contributed by atoms with van der Waals surface area (Å²) < 4.78 is 10.8. The Kier molecular flexibility index (Phi) is 22.3. The summed E-state index contributed by atoms with van der Waals surface area (Å²) >= 11 is 0. The molecule has 8 heteroatoms. The summed E-state index contributed by atoms with van der Waals surface area (Å²) in [6, 6.07) is -0.890. The zero-order valence-electron chi connectivity index (χ0n) is 30.1. The normalized spacial score (nSPS) is 13.6. The van der Waals surface area contributed by atoms with E-state index < -0.39 is 35.2 Å². The molecule has 2 amide bonds. The lowest BCUT2D eigenvalue weighted by Crippen LogP contribution is -2.57. The van der Waals surface area contributed by atoms with Crippen LogP contribution < -0.4 is 10.6 Å². The summed E-state index contributed by atoms with van der Waals surface area (Å²) in [5.74, 6) is -1.30. The fourth-order valence-electron chi connectivity index (χ4n) is 4.88. The number of hydrogen-bond acceptors (Lipinski definition) is 6. The van der Waals surface area contributed by atoms with Crippen LogP contribution in [0.5, 0.6) is 0 Å². The lowest BCUT2D eigenvalue weighted by molar-refractivity contribution is -0.156. The quantitative estimate of drug-likeness (QED) is 0.0624. The van der Waals surface area contributed by atoms with Crippen molar-refractivity contribution in [3.63, 3.8) is 0 Å². The van der Waals surface area contributed by atoms with Gasteiger partial charge in [-0.05, 0) is 85.5 Å². The number of rotatable bonds is 24. The first-order chi connectivity index (χ1) is 21.1. The standard InChI is InChI=1S/C37H66N2O6/c1-10-12-14-16-17-18-19-20-22-24-26-30(25-23-21-15-13-11-2)32(40)28-44-34(42)37(8,9)39-33(41)31(27-29(3)4)38-35(43)45-36(5,6)7/h12,14,17-18,29-31H,10-11,13,15-16,19-28H2,1-9H3,(H,38,43)(H,39,41)/t30?,31-/m0/s1. The van der Waals surface area contributed by atoms with Gasteiger partial charge in [-0.25, -0.2) is 9.59 Å². The summed E-state index contributed by atoms with van der Waals surface area (Å²) in [5.41, 5.74) is -2.10. The summed E-state index contributed by atoms with van der Waals surface area (Å²) in [7, 11) is 0. The zero-order chi connectivity index (χ0) is 34.3. The molecular formula is C37H66N2O6. The molecule has 260 valence electrons. The Morgan fingerprint density at radius 1 is 0.778 bits per heavy atom. The summed E-state index contributed by atoms with van der Waals surface area (Å²) in [6.07, 6.45) is 21.9. The summed E-state index contributed by atoms with van der Waals surface area (Å²) in [4.78, 5) is 51.8. The van der Waals surface area contributed by atoms with Crippen LogP contribution in [0.15, 0.2) is 24.3 Å². The molecule has 0 spiro atoms. The number of unbranched alkanes of at least 4 members (excludes halogenated alkanes) is 7. The van der Waals surface area contributed by atoms with Crippen molar-refractivity contribution in [3.05, 3.63) is 24.3 Å². The molecule has 0 aromatic carbocycles. The molecule has 2 atom stereocenters. The first-order valence-corrected chi connectivity index (χ1v) is 17.4. The fraction of sp³-hybridized carbons (Fsp3) is 0.784. The lowest BCUT2D eigenvalue weighted by Gasteiger charge is -2.29. The molecule has 1 unspecified atom stereocenters. The molecule has 0 bridgehead atoms. The second-order valence-corrected chi connectivity index (χ2v) is 14.1. The number of ketones is 1. The second kappa shape index (κ2) is 23.7. The van der Waals surface area contributed by atoms with Crippen molar-refractivity contribution >= 4 is 23.8 Å². The minimum Gasteiger partial charge on any atom is -0.456 e. The van der Waals surface area contributed by atoms with E-state index in [2.05, 4.69) is 48.8 Å². The van der Waals surface area contributed by atoms with E-state index in [0.29, 0.717) is 6.42 Å². The Balaban J connectivity index is 5.08. The molecule has 0 radical (unpaired) electrons. The highest BCUT2D eigenvalue weighted by Crippen LogP contribution is 2.21. The predicted octanol–water partition coefficient (Wildman–Crippen LogP) is 8.77. The van der Waals surface area contributed by atoms with E-state index in [1.165, 1.54) is 33.1 Å². The summed E-state index contributed by atoms with van der Waals surface area (Å²) in [6.45, 7) is 16.2. The molecule has 0 aliphatic rings. The van der Waals surface area contributed by atoms with Gasteiger partial charge in [0.15, 0.2) is 5.78 Å². The van der Waals surface area contributed by atoms with Crippen LogP contribution in [0.2, 0.25) is 0 Å². The van der Waals surface area contributed by atoms with E-state index in [1.54, 1.807) is 20.8 Å². The predicted molar refractivity (Wildman–Crippen MR) is 184 cm³/mol. The maximum absolute atomic E-state index is 13.2. The van der Waals surface area contributed by atoms with Crippen LogP contribution in [0, 0.1) is 11.8 Å². The van der Waals surface area contributed by atoms with Gasteiger partial charge >= 0.3 is 12.1 Å². The van der Waals surface area contributed by atoms with Gasteiger partial charge in [-0.15, -0.1) is 0 Å². The van der Waals surface area contributed by atoms with Crippen LogP contribution in [0.25, 0.3) is 0 Å². The van der Waals surface area contributed by atoms with Crippen molar-refractivity contribution in [2.45, 2.75) is 169 Å². The Bertz CT molecular complexity index is 916. The number of allylic oxidation sites excluding steroid dienone is 4. The third kappa shape index (κ3) is 22.5. The Hall–Kier alpha value is -2.64. The van der Waals surface area contributed by atoms with Crippen molar-refractivity contribution in [2.75, 3.05) is 6.61 Å². The van der Waals surface area contributed by atoms with E-state index in [1.807, 2.05) is 13.8 Å². The molecule has 8 nitrogen and oxygen atoms in total. The molecule has 0 aromatic heterocycles. The van der Waals surface area contributed by atoms with Crippen LogP contribution >= 0.6 is 0 Å². The Labute approximate surface area is 274 Å². The van der Waals surface area contributed by atoms with Gasteiger partial charge in [0, 0.05) is 5.92 Å². The van der Waals surface area contributed by atoms with Gasteiger partial charge in [0.1, 0.15) is 23.8 Å². The molecule has 0 rings (SSSR count). The first kappa shape index (κ1) is 42.4. The van der Waals surface area contributed by atoms with Crippen LogP contribution in [-0.2, 0) is 23.9 Å². The number of Topliss-reactive ketones (excluding diaryl/α,β-unsaturated/α-hetero) is 1. The number of carbonyl (C=O) groups excluding carboxylic acids is 4. The van der Waals surface area contributed by atoms with Gasteiger partial charge in [-0.1, -0.05) is 96.9 Å². The van der Waals surface area contributed by atoms with Crippen LogP contribution in [0.3, 0.4) is 0 Å². The number of amides is 2. The number of nitrogens with one attached hydrogen (secondary N) is 2. The number of hydrogen-bond donors (Lipinski definition) is 2. The topological polar surface area (TPSA) is 111 Å². The molecule has 0 saturated heterocycles. The van der Waals surface area contributed by atoms with Crippen LogP contribution in [-0.4, -0.2) is 47.5 Å².